The molecule has 92 valence electrons. The summed E-state index contributed by atoms with van der Waals surface area (Å²) in [7, 11) is 0. The normalized spacial score (nSPS) is 11.1. The maximum absolute atomic E-state index is 13.1. The molecule has 0 atom stereocenters. The van der Waals surface area contributed by atoms with Crippen LogP contribution in [0.3, 0.4) is 0 Å². The minimum Gasteiger partial charge on any atom is -0.370 e. The van der Waals surface area contributed by atoms with E-state index in [1.807, 2.05) is 0 Å². The maximum atomic E-state index is 13.1. The van der Waals surface area contributed by atoms with Crippen molar-refractivity contribution >= 4 is 11.9 Å². The van der Waals surface area contributed by atoms with Gasteiger partial charge in [-0.3, -0.25) is 4.79 Å². The van der Waals surface area contributed by atoms with E-state index in [9.17, 15) is 22.4 Å². The van der Waals surface area contributed by atoms with Gasteiger partial charge >= 0.3 is 6.18 Å². The standard InChI is InChI=1S/C9H7F4N3O/c10-6-2-1-4(9(11,12)13)3-5(6)7(17)16-8(14)15/h1-3H,(H4,14,15,16,17). The summed E-state index contributed by atoms with van der Waals surface area (Å²) in [5.41, 5.74) is 7.73. The van der Waals surface area contributed by atoms with E-state index in [1.165, 1.54) is 0 Å². The van der Waals surface area contributed by atoms with Gasteiger partial charge < -0.3 is 11.5 Å². The van der Waals surface area contributed by atoms with Crippen molar-refractivity contribution < 1.29 is 22.4 Å². The predicted octanol–water partition coefficient (Wildman–Crippen LogP) is 1.26. The third kappa shape index (κ3) is 3.16. The predicted molar refractivity (Wildman–Crippen MR) is 51.5 cm³/mol. The van der Waals surface area contributed by atoms with Gasteiger partial charge in [-0.05, 0) is 18.2 Å². The Kier molecular flexibility index (Phi) is 3.35. The highest BCUT2D eigenvalue weighted by Gasteiger charge is 2.31. The molecule has 0 unspecified atom stereocenters. The first-order valence-electron chi connectivity index (χ1n) is 4.22. The quantitative estimate of drug-likeness (QED) is 0.446. The zero-order valence-corrected chi connectivity index (χ0v) is 8.25. The lowest BCUT2D eigenvalue weighted by atomic mass is 10.1. The number of nitrogens with two attached hydrogens (primary N) is 2. The topological polar surface area (TPSA) is 81.5 Å². The molecule has 0 aromatic heterocycles. The van der Waals surface area contributed by atoms with E-state index in [2.05, 4.69) is 4.99 Å². The first-order chi connectivity index (χ1) is 7.71. The number of nitrogens with zero attached hydrogens (tertiary/aromatic N) is 1. The summed E-state index contributed by atoms with van der Waals surface area (Å²) < 4.78 is 50.0. The van der Waals surface area contributed by atoms with Crippen LogP contribution in [0.25, 0.3) is 0 Å². The lowest BCUT2D eigenvalue weighted by Crippen LogP contribution is -2.24. The summed E-state index contributed by atoms with van der Waals surface area (Å²) in [6.07, 6.45) is -4.68. The van der Waals surface area contributed by atoms with E-state index in [0.717, 1.165) is 0 Å². The Balaban J connectivity index is 3.25. The smallest absolute Gasteiger partial charge is 0.370 e. The van der Waals surface area contributed by atoms with E-state index in [-0.39, 0.29) is 0 Å². The highest BCUT2D eigenvalue weighted by Crippen LogP contribution is 2.30. The number of amides is 1. The van der Waals surface area contributed by atoms with Crippen molar-refractivity contribution in [1.82, 2.24) is 0 Å². The van der Waals surface area contributed by atoms with E-state index in [1.54, 1.807) is 0 Å². The number of carbonyl (C=O) groups excluding carboxylic acids is 1. The number of guanidine groups is 1. The van der Waals surface area contributed by atoms with Crippen LogP contribution in [0, 0.1) is 5.82 Å². The first kappa shape index (κ1) is 12.9. The molecule has 17 heavy (non-hydrogen) atoms. The number of hydrogen-bond donors (Lipinski definition) is 2. The van der Waals surface area contributed by atoms with Gasteiger partial charge in [-0.1, -0.05) is 0 Å². The summed E-state index contributed by atoms with van der Waals surface area (Å²) >= 11 is 0. The minimum atomic E-state index is -4.68. The van der Waals surface area contributed by atoms with Crippen molar-refractivity contribution in [2.45, 2.75) is 6.18 Å². The van der Waals surface area contributed by atoms with Crippen LogP contribution in [0.15, 0.2) is 23.2 Å². The summed E-state index contributed by atoms with van der Waals surface area (Å²) in [6, 6.07) is 1.39. The average molecular weight is 249 g/mol. The Hall–Kier alpha value is -2.12. The van der Waals surface area contributed by atoms with E-state index >= 15 is 0 Å². The SMILES string of the molecule is NC(N)=NC(=O)c1cc(C(F)(F)F)ccc1F. The highest BCUT2D eigenvalue weighted by atomic mass is 19.4. The highest BCUT2D eigenvalue weighted by molar-refractivity contribution is 6.02. The van der Waals surface area contributed by atoms with Crippen LogP contribution < -0.4 is 11.5 Å². The molecule has 4 nitrogen and oxygen atoms in total. The molecule has 0 bridgehead atoms. The van der Waals surface area contributed by atoms with Gasteiger partial charge in [0.25, 0.3) is 5.91 Å². The van der Waals surface area contributed by atoms with Gasteiger partial charge in [0.05, 0.1) is 11.1 Å². The van der Waals surface area contributed by atoms with E-state index in [4.69, 9.17) is 11.5 Å². The molecule has 8 heteroatoms. The molecule has 0 spiro atoms. The number of carbonyl (C=O) groups is 1. The number of hydrogen-bond acceptors (Lipinski definition) is 1. The molecule has 0 aliphatic heterocycles. The molecule has 1 amide bonds. The summed E-state index contributed by atoms with van der Waals surface area (Å²) in [5.74, 6) is -3.06. The average Bonchev–Trinajstić information content (AvgIpc) is 2.15. The Morgan fingerprint density at radius 3 is 2.29 bits per heavy atom. The van der Waals surface area contributed by atoms with Gasteiger partial charge in [0.2, 0.25) is 0 Å². The molecule has 0 heterocycles. The van der Waals surface area contributed by atoms with Crippen LogP contribution in [0.4, 0.5) is 17.6 Å². The van der Waals surface area contributed by atoms with Crippen LogP contribution in [-0.4, -0.2) is 11.9 Å². The largest absolute Gasteiger partial charge is 0.416 e. The number of benzene rings is 1. The monoisotopic (exact) mass is 249 g/mol. The second-order valence-corrected chi connectivity index (χ2v) is 3.03. The molecule has 0 radical (unpaired) electrons. The van der Waals surface area contributed by atoms with Gasteiger partial charge in [-0.15, -0.1) is 0 Å². The molecule has 1 aromatic rings. The van der Waals surface area contributed by atoms with Gasteiger partial charge in [0.1, 0.15) is 5.82 Å². The zero-order valence-electron chi connectivity index (χ0n) is 8.25. The Bertz CT molecular complexity index is 478. The van der Waals surface area contributed by atoms with E-state index in [0.29, 0.717) is 18.2 Å². The van der Waals surface area contributed by atoms with Gasteiger partial charge in [-0.25, -0.2) is 4.39 Å². The molecule has 1 aromatic carbocycles. The van der Waals surface area contributed by atoms with Gasteiger partial charge in [-0.2, -0.15) is 18.2 Å². The lowest BCUT2D eigenvalue weighted by Gasteiger charge is -2.07. The molecular weight excluding hydrogens is 242 g/mol. The fourth-order valence-electron chi connectivity index (χ4n) is 1.04. The molecule has 0 aliphatic rings. The molecule has 0 saturated carbocycles. The van der Waals surface area contributed by atoms with E-state index < -0.39 is 35.0 Å². The van der Waals surface area contributed by atoms with Crippen molar-refractivity contribution in [2.24, 2.45) is 16.5 Å². The number of halogens is 4. The number of aliphatic imine (C=N–C) groups is 1. The van der Waals surface area contributed by atoms with Crippen molar-refractivity contribution in [2.75, 3.05) is 0 Å². The van der Waals surface area contributed by atoms with Crippen molar-refractivity contribution in [1.29, 1.82) is 0 Å². The third-order valence-corrected chi connectivity index (χ3v) is 1.75. The fourth-order valence-corrected chi connectivity index (χ4v) is 1.04. The lowest BCUT2D eigenvalue weighted by molar-refractivity contribution is -0.137. The summed E-state index contributed by atoms with van der Waals surface area (Å²) in [5, 5.41) is 0. The Morgan fingerprint density at radius 1 is 1.24 bits per heavy atom. The molecule has 0 aliphatic carbocycles. The van der Waals surface area contributed by atoms with Crippen LogP contribution in [0.1, 0.15) is 15.9 Å². The molecule has 0 saturated heterocycles. The number of rotatable bonds is 1. The first-order valence-corrected chi connectivity index (χ1v) is 4.22. The van der Waals surface area contributed by atoms with Crippen LogP contribution in [0.5, 0.6) is 0 Å². The fraction of sp³-hybridized carbons (Fsp3) is 0.111. The van der Waals surface area contributed by atoms with Crippen molar-refractivity contribution in [3.05, 3.63) is 35.1 Å². The van der Waals surface area contributed by atoms with Crippen LogP contribution in [-0.2, 0) is 6.18 Å². The van der Waals surface area contributed by atoms with Gasteiger partial charge in [0, 0.05) is 0 Å². The van der Waals surface area contributed by atoms with Crippen LogP contribution >= 0.6 is 0 Å². The van der Waals surface area contributed by atoms with Crippen LogP contribution in [0.2, 0.25) is 0 Å². The van der Waals surface area contributed by atoms with Crippen molar-refractivity contribution in [3.8, 4) is 0 Å². The Morgan fingerprint density at radius 2 is 1.82 bits per heavy atom. The zero-order chi connectivity index (χ0) is 13.2. The summed E-state index contributed by atoms with van der Waals surface area (Å²) in [6.45, 7) is 0. The second-order valence-electron chi connectivity index (χ2n) is 3.03. The molecule has 4 N–H and O–H groups in total. The summed E-state index contributed by atoms with van der Waals surface area (Å²) in [4.78, 5) is 14.2. The molecular formula is C9H7F4N3O. The third-order valence-electron chi connectivity index (χ3n) is 1.75. The van der Waals surface area contributed by atoms with Crippen molar-refractivity contribution in [3.63, 3.8) is 0 Å². The molecule has 0 fully saturated rings. The van der Waals surface area contributed by atoms with Gasteiger partial charge in [0.15, 0.2) is 5.96 Å². The number of alkyl halides is 3. The maximum Gasteiger partial charge on any atom is 0.416 e. The molecule has 1 rings (SSSR count). The second kappa shape index (κ2) is 4.40. The Labute approximate surface area is 92.9 Å². The minimum absolute atomic E-state index is 0.351.